The van der Waals surface area contributed by atoms with Crippen LogP contribution in [0.2, 0.25) is 0 Å². The highest BCUT2D eigenvalue weighted by Gasteiger charge is 2.45. The molecule has 1 amide bonds. The van der Waals surface area contributed by atoms with Crippen LogP contribution in [0.25, 0.3) is 5.76 Å². The molecule has 0 radical (unpaired) electrons. The largest absolute Gasteiger partial charge is 0.507 e. The van der Waals surface area contributed by atoms with Crippen molar-refractivity contribution in [2.75, 3.05) is 13.2 Å². The van der Waals surface area contributed by atoms with E-state index >= 15 is 0 Å². The van der Waals surface area contributed by atoms with E-state index < -0.39 is 17.7 Å². The van der Waals surface area contributed by atoms with Gasteiger partial charge < -0.3 is 14.7 Å². The van der Waals surface area contributed by atoms with Gasteiger partial charge in [-0.1, -0.05) is 49.4 Å². The van der Waals surface area contributed by atoms with Crippen molar-refractivity contribution < 1.29 is 19.4 Å². The average Bonchev–Trinajstić information content (AvgIpc) is 3.12. The summed E-state index contributed by atoms with van der Waals surface area (Å²) in [5.41, 5.74) is 2.29. The molecular formula is C27H26N2O4. The molecule has 0 saturated carbocycles. The summed E-state index contributed by atoms with van der Waals surface area (Å²) in [5, 5.41) is 11.2. The molecule has 1 fully saturated rings. The summed E-state index contributed by atoms with van der Waals surface area (Å²) >= 11 is 0. The lowest BCUT2D eigenvalue weighted by atomic mass is 9.95. The van der Waals surface area contributed by atoms with Crippen molar-refractivity contribution in [3.63, 3.8) is 0 Å². The third-order valence-corrected chi connectivity index (χ3v) is 5.63. The van der Waals surface area contributed by atoms with Gasteiger partial charge in [-0.3, -0.25) is 14.6 Å². The lowest BCUT2D eigenvalue weighted by Gasteiger charge is -2.25. The quantitative estimate of drug-likeness (QED) is 0.315. The maximum atomic E-state index is 13.1. The Bertz CT molecular complexity index is 1160. The molecule has 1 atom stereocenters. The number of carbonyl (C=O) groups excluding carboxylic acids is 2. The lowest BCUT2D eigenvalue weighted by Crippen LogP contribution is -2.31. The number of carbonyl (C=O) groups is 2. The molecule has 4 rings (SSSR count). The van der Waals surface area contributed by atoms with Crippen molar-refractivity contribution in [2.24, 2.45) is 0 Å². The van der Waals surface area contributed by atoms with Crippen molar-refractivity contribution in [2.45, 2.75) is 25.8 Å². The van der Waals surface area contributed by atoms with Gasteiger partial charge in [0.2, 0.25) is 0 Å². The number of hydrogen-bond donors (Lipinski definition) is 1. The third kappa shape index (κ3) is 4.80. The first-order valence-electron chi connectivity index (χ1n) is 11.1. The van der Waals surface area contributed by atoms with Gasteiger partial charge in [0.25, 0.3) is 11.7 Å². The zero-order valence-electron chi connectivity index (χ0n) is 18.5. The number of benzene rings is 2. The van der Waals surface area contributed by atoms with E-state index in [0.717, 1.165) is 17.5 Å². The number of rotatable bonds is 8. The monoisotopic (exact) mass is 442 g/mol. The van der Waals surface area contributed by atoms with Gasteiger partial charge in [0.15, 0.2) is 0 Å². The zero-order valence-corrected chi connectivity index (χ0v) is 18.5. The SMILES string of the molecule is CCCOc1cccc(/C(O)=C2\C(=O)C(=O)N(CCc3ccccc3)C2c2ccncc2)c1. The summed E-state index contributed by atoms with van der Waals surface area (Å²) in [6, 6.07) is 19.6. The molecule has 1 saturated heterocycles. The van der Waals surface area contributed by atoms with Crippen molar-refractivity contribution in [3.8, 4) is 5.75 Å². The number of pyridine rings is 1. The molecule has 2 heterocycles. The molecule has 1 unspecified atom stereocenters. The highest BCUT2D eigenvalue weighted by atomic mass is 16.5. The summed E-state index contributed by atoms with van der Waals surface area (Å²) in [5.74, 6) is -0.922. The molecule has 0 aliphatic carbocycles. The fourth-order valence-electron chi connectivity index (χ4n) is 4.01. The smallest absolute Gasteiger partial charge is 0.295 e. The second-order valence-electron chi connectivity index (χ2n) is 7.88. The maximum Gasteiger partial charge on any atom is 0.295 e. The average molecular weight is 443 g/mol. The molecular weight excluding hydrogens is 416 g/mol. The van der Waals surface area contributed by atoms with Crippen molar-refractivity contribution >= 4 is 17.4 Å². The van der Waals surface area contributed by atoms with E-state index in [1.807, 2.05) is 37.3 Å². The number of aliphatic hydroxyl groups is 1. The Kier molecular flexibility index (Phi) is 6.83. The number of amides is 1. The Morgan fingerprint density at radius 3 is 2.52 bits per heavy atom. The number of ether oxygens (including phenoxy) is 1. The first-order chi connectivity index (χ1) is 16.1. The molecule has 1 aromatic heterocycles. The van der Waals surface area contributed by atoms with Crippen LogP contribution >= 0.6 is 0 Å². The number of ketones is 1. The molecule has 0 bridgehead atoms. The Morgan fingerprint density at radius 2 is 1.79 bits per heavy atom. The molecule has 1 aliphatic heterocycles. The molecule has 6 nitrogen and oxygen atoms in total. The number of likely N-dealkylation sites (tertiary alicyclic amines) is 1. The van der Waals surface area contributed by atoms with Gasteiger partial charge in [0.1, 0.15) is 11.5 Å². The minimum atomic E-state index is -0.697. The number of nitrogens with zero attached hydrogens (tertiary/aromatic N) is 2. The van der Waals surface area contributed by atoms with Crippen molar-refractivity contribution in [1.29, 1.82) is 0 Å². The van der Waals surface area contributed by atoms with Gasteiger partial charge in [0.05, 0.1) is 18.2 Å². The van der Waals surface area contributed by atoms with Crippen molar-refractivity contribution in [3.05, 3.63) is 101 Å². The first-order valence-corrected chi connectivity index (χ1v) is 11.1. The van der Waals surface area contributed by atoms with Crippen LogP contribution in [0, 0.1) is 0 Å². The zero-order chi connectivity index (χ0) is 23.2. The van der Waals surface area contributed by atoms with Crippen LogP contribution in [0.4, 0.5) is 0 Å². The van der Waals surface area contributed by atoms with E-state index in [2.05, 4.69) is 4.98 Å². The highest BCUT2D eigenvalue weighted by molar-refractivity contribution is 6.46. The van der Waals surface area contributed by atoms with Gasteiger partial charge in [-0.2, -0.15) is 0 Å². The summed E-state index contributed by atoms with van der Waals surface area (Å²) < 4.78 is 5.67. The molecule has 2 aromatic carbocycles. The summed E-state index contributed by atoms with van der Waals surface area (Å²) in [6.07, 6.45) is 4.68. The highest BCUT2D eigenvalue weighted by Crippen LogP contribution is 2.39. The number of aliphatic hydroxyl groups excluding tert-OH is 1. The van der Waals surface area contributed by atoms with E-state index in [1.54, 1.807) is 48.8 Å². The number of hydrogen-bond acceptors (Lipinski definition) is 5. The van der Waals surface area contributed by atoms with Crippen LogP contribution in [0.1, 0.15) is 36.1 Å². The number of Topliss-reactive ketones (excluding diaryl/α,β-unsaturated/α-hetero) is 1. The van der Waals surface area contributed by atoms with Gasteiger partial charge in [-0.15, -0.1) is 0 Å². The minimum absolute atomic E-state index is 0.0758. The van der Waals surface area contributed by atoms with Crippen LogP contribution in [0.15, 0.2) is 84.7 Å². The molecule has 168 valence electrons. The molecule has 1 aliphatic rings. The topological polar surface area (TPSA) is 79.7 Å². The summed E-state index contributed by atoms with van der Waals surface area (Å²) in [4.78, 5) is 31.8. The second kappa shape index (κ2) is 10.1. The van der Waals surface area contributed by atoms with E-state index in [0.29, 0.717) is 30.9 Å². The Hall–Kier alpha value is -3.93. The van der Waals surface area contributed by atoms with Crippen LogP contribution < -0.4 is 4.74 Å². The standard InChI is InChI=1S/C27H26N2O4/c1-2-17-33-22-10-6-9-21(18-22)25(30)23-24(20-11-14-28-15-12-20)29(27(32)26(23)31)16-13-19-7-4-3-5-8-19/h3-12,14-15,18,24,30H,2,13,16-17H2,1H3/b25-23+. The van der Waals surface area contributed by atoms with E-state index in [-0.39, 0.29) is 11.3 Å². The normalized spacial score (nSPS) is 17.4. The fraction of sp³-hybridized carbons (Fsp3) is 0.222. The predicted octanol–water partition coefficient (Wildman–Crippen LogP) is 4.53. The van der Waals surface area contributed by atoms with Gasteiger partial charge in [-0.25, -0.2) is 0 Å². The van der Waals surface area contributed by atoms with E-state index in [1.165, 1.54) is 4.90 Å². The van der Waals surface area contributed by atoms with E-state index in [4.69, 9.17) is 4.74 Å². The van der Waals surface area contributed by atoms with Gasteiger partial charge in [-0.05, 0) is 48.2 Å². The first kappa shape index (κ1) is 22.3. The van der Waals surface area contributed by atoms with Crippen LogP contribution in [-0.2, 0) is 16.0 Å². The van der Waals surface area contributed by atoms with Gasteiger partial charge >= 0.3 is 0 Å². The molecule has 1 N–H and O–H groups in total. The fourth-order valence-corrected chi connectivity index (χ4v) is 4.01. The second-order valence-corrected chi connectivity index (χ2v) is 7.88. The predicted molar refractivity (Wildman–Crippen MR) is 126 cm³/mol. The molecule has 3 aromatic rings. The Labute approximate surface area is 193 Å². The van der Waals surface area contributed by atoms with E-state index in [9.17, 15) is 14.7 Å². The Balaban J connectivity index is 1.74. The lowest BCUT2D eigenvalue weighted by molar-refractivity contribution is -0.139. The van der Waals surface area contributed by atoms with Gasteiger partial charge in [0, 0.05) is 24.5 Å². The minimum Gasteiger partial charge on any atom is -0.507 e. The molecule has 6 heteroatoms. The Morgan fingerprint density at radius 1 is 1.03 bits per heavy atom. The molecule has 33 heavy (non-hydrogen) atoms. The van der Waals surface area contributed by atoms with Crippen LogP contribution in [-0.4, -0.2) is 39.8 Å². The van der Waals surface area contributed by atoms with Crippen LogP contribution in [0.5, 0.6) is 5.75 Å². The third-order valence-electron chi connectivity index (χ3n) is 5.63. The maximum absolute atomic E-state index is 13.1. The van der Waals surface area contributed by atoms with Crippen molar-refractivity contribution in [1.82, 2.24) is 9.88 Å². The number of aromatic nitrogens is 1. The molecule has 0 spiro atoms. The summed E-state index contributed by atoms with van der Waals surface area (Å²) in [6.45, 7) is 2.90. The summed E-state index contributed by atoms with van der Waals surface area (Å²) in [7, 11) is 0. The van der Waals surface area contributed by atoms with Crippen LogP contribution in [0.3, 0.4) is 0 Å².